The van der Waals surface area contributed by atoms with Gasteiger partial charge in [-0.1, -0.05) is 39.3 Å². The first-order valence-electron chi connectivity index (χ1n) is 6.90. The van der Waals surface area contributed by atoms with Crippen LogP contribution in [-0.4, -0.2) is 24.6 Å². The summed E-state index contributed by atoms with van der Waals surface area (Å²) in [5, 5.41) is 11.7. The first-order valence-corrected chi connectivity index (χ1v) is 7.70. The summed E-state index contributed by atoms with van der Waals surface area (Å²) in [6.07, 6.45) is 1.34. The SMILES string of the molecule is Cc1cccc(C)c1OCCOc1ccc(Br)cc1C=NO. The quantitative estimate of drug-likeness (QED) is 0.359. The molecule has 0 bridgehead atoms. The number of oxime groups is 1. The van der Waals surface area contributed by atoms with E-state index in [2.05, 4.69) is 21.1 Å². The van der Waals surface area contributed by atoms with Crippen molar-refractivity contribution in [2.45, 2.75) is 13.8 Å². The lowest BCUT2D eigenvalue weighted by Crippen LogP contribution is -2.11. The summed E-state index contributed by atoms with van der Waals surface area (Å²) in [7, 11) is 0. The second kappa shape index (κ2) is 7.84. The molecule has 0 spiro atoms. The molecule has 2 rings (SSSR count). The van der Waals surface area contributed by atoms with E-state index in [-0.39, 0.29) is 0 Å². The number of hydrogen-bond acceptors (Lipinski definition) is 4. The Labute approximate surface area is 138 Å². The molecular weight excluding hydrogens is 346 g/mol. The van der Waals surface area contributed by atoms with Gasteiger partial charge in [-0.25, -0.2) is 0 Å². The van der Waals surface area contributed by atoms with E-state index in [1.165, 1.54) is 6.21 Å². The highest BCUT2D eigenvalue weighted by Gasteiger charge is 2.05. The zero-order valence-corrected chi connectivity index (χ0v) is 14.1. The van der Waals surface area contributed by atoms with Gasteiger partial charge >= 0.3 is 0 Å². The van der Waals surface area contributed by atoms with E-state index in [4.69, 9.17) is 14.7 Å². The van der Waals surface area contributed by atoms with Gasteiger partial charge in [-0.05, 0) is 43.2 Å². The standard InChI is InChI=1S/C17H18BrNO3/c1-12-4-3-5-13(2)17(12)22-9-8-21-16-7-6-15(18)10-14(16)11-19-20/h3-7,10-11,20H,8-9H2,1-2H3. The molecule has 2 aromatic rings. The summed E-state index contributed by atoms with van der Waals surface area (Å²) in [6.45, 7) is 4.89. The fraction of sp³-hybridized carbons (Fsp3) is 0.235. The predicted octanol–water partition coefficient (Wildman–Crippen LogP) is 4.33. The minimum atomic E-state index is 0.404. The molecule has 0 saturated heterocycles. The predicted molar refractivity (Wildman–Crippen MR) is 90.4 cm³/mol. The van der Waals surface area contributed by atoms with Crippen molar-refractivity contribution < 1.29 is 14.7 Å². The number of halogens is 1. The Morgan fingerprint density at radius 3 is 2.45 bits per heavy atom. The third kappa shape index (κ3) is 4.24. The third-order valence-electron chi connectivity index (χ3n) is 3.16. The van der Waals surface area contributed by atoms with E-state index >= 15 is 0 Å². The van der Waals surface area contributed by atoms with Crippen molar-refractivity contribution in [2.75, 3.05) is 13.2 Å². The number of para-hydroxylation sites is 1. The summed E-state index contributed by atoms with van der Waals surface area (Å²) in [6, 6.07) is 11.6. The van der Waals surface area contributed by atoms with Crippen LogP contribution in [0.4, 0.5) is 0 Å². The lowest BCUT2D eigenvalue weighted by Gasteiger charge is -2.13. The molecule has 4 nitrogen and oxygen atoms in total. The summed E-state index contributed by atoms with van der Waals surface area (Å²) in [5.41, 5.74) is 2.91. The Hall–Kier alpha value is -2.01. The van der Waals surface area contributed by atoms with Gasteiger partial charge in [-0.2, -0.15) is 0 Å². The normalized spacial score (nSPS) is 10.9. The van der Waals surface area contributed by atoms with Crippen molar-refractivity contribution in [1.82, 2.24) is 0 Å². The Kier molecular flexibility index (Phi) is 5.83. The minimum Gasteiger partial charge on any atom is -0.489 e. The van der Waals surface area contributed by atoms with Crippen molar-refractivity contribution in [3.63, 3.8) is 0 Å². The van der Waals surface area contributed by atoms with Crippen molar-refractivity contribution in [2.24, 2.45) is 5.16 Å². The minimum absolute atomic E-state index is 0.404. The number of hydrogen-bond donors (Lipinski definition) is 1. The zero-order valence-electron chi connectivity index (χ0n) is 12.5. The molecule has 0 aliphatic heterocycles. The highest BCUT2D eigenvalue weighted by Crippen LogP contribution is 2.23. The van der Waals surface area contributed by atoms with E-state index in [0.29, 0.717) is 24.5 Å². The van der Waals surface area contributed by atoms with Crippen LogP contribution in [0.1, 0.15) is 16.7 Å². The molecule has 116 valence electrons. The highest BCUT2D eigenvalue weighted by atomic mass is 79.9. The van der Waals surface area contributed by atoms with Gasteiger partial charge in [-0.15, -0.1) is 0 Å². The molecule has 0 radical (unpaired) electrons. The highest BCUT2D eigenvalue weighted by molar-refractivity contribution is 9.10. The molecule has 0 amide bonds. The van der Waals surface area contributed by atoms with Gasteiger partial charge in [0.25, 0.3) is 0 Å². The molecule has 0 heterocycles. The van der Waals surface area contributed by atoms with Gasteiger partial charge < -0.3 is 14.7 Å². The molecule has 5 heteroatoms. The van der Waals surface area contributed by atoms with Crippen LogP contribution in [0.3, 0.4) is 0 Å². The first kappa shape index (κ1) is 16.4. The number of nitrogens with zero attached hydrogens (tertiary/aromatic N) is 1. The van der Waals surface area contributed by atoms with Crippen LogP contribution in [0.2, 0.25) is 0 Å². The maximum atomic E-state index is 8.69. The Balaban J connectivity index is 1.94. The molecule has 22 heavy (non-hydrogen) atoms. The summed E-state index contributed by atoms with van der Waals surface area (Å²) >= 11 is 3.37. The fourth-order valence-corrected chi connectivity index (χ4v) is 2.51. The number of benzene rings is 2. The van der Waals surface area contributed by atoms with Gasteiger partial charge in [0.1, 0.15) is 24.7 Å². The van der Waals surface area contributed by atoms with E-state index < -0.39 is 0 Å². The van der Waals surface area contributed by atoms with Gasteiger partial charge in [0, 0.05) is 10.0 Å². The summed E-state index contributed by atoms with van der Waals surface area (Å²) in [4.78, 5) is 0. The van der Waals surface area contributed by atoms with Gasteiger partial charge in [0.2, 0.25) is 0 Å². The molecule has 0 aliphatic carbocycles. The molecule has 0 unspecified atom stereocenters. The van der Waals surface area contributed by atoms with Crippen molar-refractivity contribution in [1.29, 1.82) is 0 Å². The van der Waals surface area contributed by atoms with E-state index in [1.807, 2.05) is 50.2 Å². The average molecular weight is 364 g/mol. The van der Waals surface area contributed by atoms with Crippen LogP contribution in [0.15, 0.2) is 46.0 Å². The fourth-order valence-electron chi connectivity index (χ4n) is 2.14. The number of aryl methyl sites for hydroxylation is 2. The van der Waals surface area contributed by atoms with E-state index in [0.717, 1.165) is 21.3 Å². The number of rotatable bonds is 6. The Morgan fingerprint density at radius 1 is 1.09 bits per heavy atom. The van der Waals surface area contributed by atoms with Crippen LogP contribution < -0.4 is 9.47 Å². The molecule has 0 aromatic heterocycles. The molecule has 0 aliphatic rings. The van der Waals surface area contributed by atoms with Gasteiger partial charge in [0.15, 0.2) is 0 Å². The lowest BCUT2D eigenvalue weighted by molar-refractivity contribution is 0.215. The Morgan fingerprint density at radius 2 is 1.77 bits per heavy atom. The molecule has 0 atom stereocenters. The maximum Gasteiger partial charge on any atom is 0.128 e. The molecule has 0 saturated carbocycles. The third-order valence-corrected chi connectivity index (χ3v) is 3.66. The zero-order chi connectivity index (χ0) is 15.9. The maximum absolute atomic E-state index is 8.69. The van der Waals surface area contributed by atoms with Crippen LogP contribution in [-0.2, 0) is 0 Å². The van der Waals surface area contributed by atoms with Crippen molar-refractivity contribution >= 4 is 22.1 Å². The second-order valence-corrected chi connectivity index (χ2v) is 5.76. The molecule has 0 fully saturated rings. The van der Waals surface area contributed by atoms with E-state index in [9.17, 15) is 0 Å². The topological polar surface area (TPSA) is 51.0 Å². The van der Waals surface area contributed by atoms with Crippen molar-refractivity contribution in [3.8, 4) is 11.5 Å². The molecular formula is C17H18BrNO3. The number of ether oxygens (including phenoxy) is 2. The van der Waals surface area contributed by atoms with Crippen molar-refractivity contribution in [3.05, 3.63) is 57.6 Å². The lowest BCUT2D eigenvalue weighted by atomic mass is 10.1. The second-order valence-electron chi connectivity index (χ2n) is 4.84. The van der Waals surface area contributed by atoms with Gasteiger partial charge in [0.05, 0.1) is 6.21 Å². The van der Waals surface area contributed by atoms with Crippen LogP contribution in [0.5, 0.6) is 11.5 Å². The van der Waals surface area contributed by atoms with E-state index in [1.54, 1.807) is 0 Å². The molecule has 1 N–H and O–H groups in total. The van der Waals surface area contributed by atoms with Crippen LogP contribution >= 0.6 is 15.9 Å². The largest absolute Gasteiger partial charge is 0.489 e. The average Bonchev–Trinajstić information content (AvgIpc) is 2.48. The van der Waals surface area contributed by atoms with Crippen LogP contribution in [0, 0.1) is 13.8 Å². The Bertz CT molecular complexity index is 651. The molecule has 2 aromatic carbocycles. The summed E-state index contributed by atoms with van der Waals surface area (Å²) in [5.74, 6) is 1.55. The monoisotopic (exact) mass is 363 g/mol. The van der Waals surface area contributed by atoms with Gasteiger partial charge in [-0.3, -0.25) is 0 Å². The summed E-state index contributed by atoms with van der Waals surface area (Å²) < 4.78 is 12.4. The first-order chi connectivity index (χ1) is 10.6. The van der Waals surface area contributed by atoms with Crippen LogP contribution in [0.25, 0.3) is 0 Å². The smallest absolute Gasteiger partial charge is 0.128 e.